The molecule has 4 nitrogen and oxygen atoms in total. The van der Waals surface area contributed by atoms with E-state index in [1.54, 1.807) is 0 Å². The molecule has 1 fully saturated rings. The Bertz CT molecular complexity index is 593. The molecular weight excluding hydrogens is 336 g/mol. The summed E-state index contributed by atoms with van der Waals surface area (Å²) in [6.07, 6.45) is 5.16. The fraction of sp³-hybridized carbons (Fsp3) is 0.696. The first-order valence-corrected chi connectivity index (χ1v) is 10.6. The number of nitrogens with zero attached hydrogens (tertiary/aromatic N) is 2. The van der Waals surface area contributed by atoms with Crippen LogP contribution in [0.3, 0.4) is 0 Å². The third kappa shape index (κ3) is 4.44. The van der Waals surface area contributed by atoms with Crippen molar-refractivity contribution in [2.45, 2.75) is 90.4 Å². The van der Waals surface area contributed by atoms with Gasteiger partial charge in [0.1, 0.15) is 12.4 Å². The minimum absolute atomic E-state index is 0.0579. The second kappa shape index (κ2) is 9.31. The van der Waals surface area contributed by atoms with Gasteiger partial charge in [-0.1, -0.05) is 57.5 Å². The molecule has 4 atom stereocenters. The van der Waals surface area contributed by atoms with E-state index in [1.165, 1.54) is 0 Å². The molecule has 1 aliphatic heterocycles. The lowest BCUT2D eigenvalue weighted by atomic mass is 9.79. The van der Waals surface area contributed by atoms with Crippen LogP contribution in [-0.4, -0.2) is 46.5 Å². The number of unbranched alkanes of at least 4 members (excludes halogenated alkanes) is 1. The molecule has 1 heterocycles. The molecule has 0 aliphatic carbocycles. The maximum Gasteiger partial charge on any atom is 0.139 e. The van der Waals surface area contributed by atoms with E-state index in [-0.39, 0.29) is 23.2 Å². The highest BCUT2D eigenvalue weighted by molar-refractivity contribution is 5.61. The van der Waals surface area contributed by atoms with Crippen LogP contribution in [0.25, 0.3) is 0 Å². The van der Waals surface area contributed by atoms with Crippen molar-refractivity contribution in [3.63, 3.8) is 0 Å². The van der Waals surface area contributed by atoms with Gasteiger partial charge in [0.15, 0.2) is 0 Å². The second-order valence-corrected chi connectivity index (χ2v) is 8.42. The normalized spacial score (nSPS) is 31.0. The first kappa shape index (κ1) is 22.1. The third-order valence-electron chi connectivity index (χ3n) is 6.47. The molecule has 1 aromatic carbocycles. The molecule has 1 aliphatic rings. The minimum Gasteiger partial charge on any atom is -0.302 e. The van der Waals surface area contributed by atoms with E-state index in [1.807, 2.05) is 18.2 Å². The number of hydrogen-bond acceptors (Lipinski definition) is 4. The van der Waals surface area contributed by atoms with Crippen LogP contribution >= 0.6 is 0 Å². The summed E-state index contributed by atoms with van der Waals surface area (Å²) in [6, 6.07) is 10.2. The Hall–Kier alpha value is -1.23. The molecule has 0 bridgehead atoms. The summed E-state index contributed by atoms with van der Waals surface area (Å²) in [4.78, 5) is 21.2. The Kier molecular flexibility index (Phi) is 7.61. The molecule has 0 N–H and O–H groups in total. The molecule has 1 aromatic rings. The highest BCUT2D eigenvalue weighted by atomic mass is 16.7. The maximum absolute atomic E-state index is 12.2. The molecule has 1 saturated heterocycles. The Labute approximate surface area is 165 Å². The first-order chi connectivity index (χ1) is 12.9. The Morgan fingerprint density at radius 3 is 2.37 bits per heavy atom. The fourth-order valence-corrected chi connectivity index (χ4v) is 4.34. The fourth-order valence-electron chi connectivity index (χ4n) is 4.34. The predicted molar refractivity (Wildman–Crippen MR) is 112 cm³/mol. The zero-order valence-electron chi connectivity index (χ0n) is 18.1. The first-order valence-electron chi connectivity index (χ1n) is 10.6. The molecule has 152 valence electrons. The summed E-state index contributed by atoms with van der Waals surface area (Å²) in [6.45, 7) is 15.0. The third-order valence-corrected chi connectivity index (χ3v) is 6.47. The van der Waals surface area contributed by atoms with Crippen LogP contribution in [0.4, 0.5) is 0 Å². The van der Waals surface area contributed by atoms with Crippen molar-refractivity contribution in [3.05, 3.63) is 35.9 Å². The van der Waals surface area contributed by atoms with Crippen LogP contribution < -0.4 is 0 Å². The van der Waals surface area contributed by atoms with Crippen LogP contribution in [0.5, 0.6) is 0 Å². The van der Waals surface area contributed by atoms with Gasteiger partial charge in [-0.05, 0) is 52.1 Å². The second-order valence-electron chi connectivity index (χ2n) is 8.42. The summed E-state index contributed by atoms with van der Waals surface area (Å²) < 4.78 is 0. The van der Waals surface area contributed by atoms with Crippen molar-refractivity contribution >= 4 is 6.29 Å². The van der Waals surface area contributed by atoms with Gasteiger partial charge in [0, 0.05) is 6.54 Å². The van der Waals surface area contributed by atoms with Crippen molar-refractivity contribution in [3.8, 4) is 0 Å². The Morgan fingerprint density at radius 1 is 1.19 bits per heavy atom. The van der Waals surface area contributed by atoms with Crippen LogP contribution in [-0.2, 0) is 9.63 Å². The van der Waals surface area contributed by atoms with Crippen molar-refractivity contribution in [1.29, 1.82) is 0 Å². The molecular formula is C23H38N2O2. The number of piperazine rings is 1. The van der Waals surface area contributed by atoms with E-state index in [4.69, 9.17) is 4.84 Å². The molecule has 0 radical (unpaired) electrons. The Balaban J connectivity index is 2.38. The van der Waals surface area contributed by atoms with E-state index in [9.17, 15) is 4.79 Å². The van der Waals surface area contributed by atoms with Gasteiger partial charge < -0.3 is 4.79 Å². The summed E-state index contributed by atoms with van der Waals surface area (Å²) in [7, 11) is 0. The monoisotopic (exact) mass is 374 g/mol. The maximum atomic E-state index is 12.2. The van der Waals surface area contributed by atoms with Gasteiger partial charge >= 0.3 is 0 Å². The lowest BCUT2D eigenvalue weighted by molar-refractivity contribution is -0.328. The topological polar surface area (TPSA) is 32.8 Å². The molecule has 0 spiro atoms. The number of rotatable bonds is 9. The molecule has 2 rings (SSSR count). The summed E-state index contributed by atoms with van der Waals surface area (Å²) in [5, 5.41) is 2.18. The number of benzene rings is 1. The minimum atomic E-state index is -0.360. The number of aldehydes is 1. The van der Waals surface area contributed by atoms with Crippen molar-refractivity contribution in [2.24, 2.45) is 0 Å². The average Bonchev–Trinajstić information content (AvgIpc) is 2.69. The van der Waals surface area contributed by atoms with Crippen molar-refractivity contribution in [1.82, 2.24) is 9.96 Å². The zero-order chi connectivity index (χ0) is 20.1. The van der Waals surface area contributed by atoms with Crippen LogP contribution in [0.15, 0.2) is 30.3 Å². The van der Waals surface area contributed by atoms with Gasteiger partial charge in [0.25, 0.3) is 0 Å². The molecule has 27 heavy (non-hydrogen) atoms. The number of carbonyl (C=O) groups excluding carboxylic acids is 1. The molecule has 4 unspecified atom stereocenters. The van der Waals surface area contributed by atoms with E-state index in [2.05, 4.69) is 63.6 Å². The van der Waals surface area contributed by atoms with Gasteiger partial charge in [0.05, 0.1) is 17.1 Å². The number of hydrogen-bond donors (Lipinski definition) is 0. The Morgan fingerprint density at radius 2 is 1.85 bits per heavy atom. The lowest BCUT2D eigenvalue weighted by Gasteiger charge is -2.60. The summed E-state index contributed by atoms with van der Waals surface area (Å²) >= 11 is 0. The van der Waals surface area contributed by atoms with E-state index in [0.717, 1.165) is 50.6 Å². The van der Waals surface area contributed by atoms with Crippen LogP contribution in [0.2, 0.25) is 0 Å². The number of carbonyl (C=O) groups is 1. The van der Waals surface area contributed by atoms with Gasteiger partial charge in [-0.25, -0.2) is 0 Å². The zero-order valence-corrected chi connectivity index (χ0v) is 18.1. The van der Waals surface area contributed by atoms with Crippen LogP contribution in [0.1, 0.15) is 78.9 Å². The van der Waals surface area contributed by atoms with Crippen LogP contribution in [0, 0.1) is 0 Å². The summed E-state index contributed by atoms with van der Waals surface area (Å²) in [5.74, 6) is 0. The smallest absolute Gasteiger partial charge is 0.139 e. The van der Waals surface area contributed by atoms with Gasteiger partial charge in [-0.3, -0.25) is 9.74 Å². The number of hydroxylamine groups is 2. The standard InChI is InChI=1S/C23H38N2O2/c1-7-10-16-24-18-22(5,8-2)25(23(6,9-3)21(24)17-26)27-19(4)20-14-12-11-13-15-20/h11-15,17,19,21H,7-10,16,18H2,1-6H3. The van der Waals surface area contributed by atoms with E-state index >= 15 is 0 Å². The largest absolute Gasteiger partial charge is 0.302 e. The summed E-state index contributed by atoms with van der Waals surface area (Å²) in [5.41, 5.74) is 0.660. The highest BCUT2D eigenvalue weighted by Gasteiger charge is 2.55. The molecule has 0 aromatic heterocycles. The quantitative estimate of drug-likeness (QED) is 0.569. The average molecular weight is 375 g/mol. The SMILES string of the molecule is CCCCN1CC(C)(CC)N(OC(C)c2ccccc2)C(C)(CC)C1C=O. The van der Waals surface area contributed by atoms with E-state index in [0.29, 0.717) is 0 Å². The molecule has 4 heteroatoms. The highest BCUT2D eigenvalue weighted by Crippen LogP contribution is 2.42. The van der Waals surface area contributed by atoms with Crippen molar-refractivity contribution in [2.75, 3.05) is 13.1 Å². The van der Waals surface area contributed by atoms with Gasteiger partial charge in [0.2, 0.25) is 0 Å². The lowest BCUT2D eigenvalue weighted by Crippen LogP contribution is -2.74. The van der Waals surface area contributed by atoms with Crippen molar-refractivity contribution < 1.29 is 9.63 Å². The van der Waals surface area contributed by atoms with E-state index < -0.39 is 0 Å². The molecule has 0 saturated carbocycles. The van der Waals surface area contributed by atoms with Gasteiger partial charge in [-0.2, -0.15) is 5.06 Å². The van der Waals surface area contributed by atoms with Gasteiger partial charge in [-0.15, -0.1) is 0 Å². The molecule has 0 amide bonds. The predicted octanol–water partition coefficient (Wildman–Crippen LogP) is 5.00.